The van der Waals surface area contributed by atoms with Gasteiger partial charge in [-0.25, -0.2) is 4.39 Å². The normalized spacial score (nSPS) is 20.7. The molecule has 2 nitrogen and oxygen atoms in total. The molecule has 1 aliphatic rings. The average Bonchev–Trinajstić information content (AvgIpc) is 2.67. The first-order valence-electron chi connectivity index (χ1n) is 7.66. The maximum absolute atomic E-state index is 13.6. The highest BCUT2D eigenvalue weighted by molar-refractivity contribution is 5.32. The van der Waals surface area contributed by atoms with Gasteiger partial charge in [0.05, 0.1) is 0 Å². The van der Waals surface area contributed by atoms with Gasteiger partial charge in [0.2, 0.25) is 0 Å². The Morgan fingerprint density at radius 3 is 2.30 bits per heavy atom. The van der Waals surface area contributed by atoms with Gasteiger partial charge < -0.3 is 10.6 Å². The standard InChI is InChI=1S/C17H27FN2/c1-13-8-9-14(18)12-15(13)16(19)17(20(2)3)10-6-4-5-7-11-17/h8-9,12,16H,4-7,10-11,19H2,1-3H3. The molecule has 1 saturated carbocycles. The van der Waals surface area contributed by atoms with Crippen molar-refractivity contribution in [1.29, 1.82) is 0 Å². The van der Waals surface area contributed by atoms with Crippen LogP contribution in [0.3, 0.4) is 0 Å². The van der Waals surface area contributed by atoms with E-state index in [0.717, 1.165) is 24.0 Å². The Balaban J connectivity index is 2.40. The Morgan fingerprint density at radius 2 is 1.75 bits per heavy atom. The van der Waals surface area contributed by atoms with Crippen LogP contribution >= 0.6 is 0 Å². The molecule has 1 aromatic rings. The molecule has 0 amide bonds. The van der Waals surface area contributed by atoms with E-state index in [9.17, 15) is 4.39 Å². The van der Waals surface area contributed by atoms with E-state index in [1.807, 2.05) is 13.0 Å². The van der Waals surface area contributed by atoms with Gasteiger partial charge >= 0.3 is 0 Å². The van der Waals surface area contributed by atoms with Gasteiger partial charge in [0.1, 0.15) is 5.82 Å². The van der Waals surface area contributed by atoms with Gasteiger partial charge in [0, 0.05) is 11.6 Å². The minimum absolute atomic E-state index is 0.0466. The lowest BCUT2D eigenvalue weighted by Crippen LogP contribution is -2.52. The summed E-state index contributed by atoms with van der Waals surface area (Å²) in [6.07, 6.45) is 7.17. The predicted octanol–water partition coefficient (Wildman–Crippen LogP) is 3.79. The van der Waals surface area contributed by atoms with Crippen molar-refractivity contribution in [2.75, 3.05) is 14.1 Å². The van der Waals surface area contributed by atoms with Crippen molar-refractivity contribution in [1.82, 2.24) is 4.90 Å². The summed E-state index contributed by atoms with van der Waals surface area (Å²) in [4.78, 5) is 2.27. The molecule has 1 atom stereocenters. The van der Waals surface area contributed by atoms with Crippen LogP contribution in [0.15, 0.2) is 18.2 Å². The van der Waals surface area contributed by atoms with E-state index in [1.54, 1.807) is 6.07 Å². The highest BCUT2D eigenvalue weighted by atomic mass is 19.1. The highest BCUT2D eigenvalue weighted by Gasteiger charge is 2.40. The summed E-state index contributed by atoms with van der Waals surface area (Å²) in [5.41, 5.74) is 8.64. The second kappa shape index (κ2) is 6.23. The summed E-state index contributed by atoms with van der Waals surface area (Å²) in [5, 5.41) is 0. The Kier molecular flexibility index (Phi) is 4.82. The third-order valence-corrected chi connectivity index (χ3v) is 5.02. The second-order valence-electron chi connectivity index (χ2n) is 6.39. The number of hydrogen-bond acceptors (Lipinski definition) is 2. The van der Waals surface area contributed by atoms with Crippen LogP contribution in [0.2, 0.25) is 0 Å². The molecule has 1 unspecified atom stereocenters. The highest BCUT2D eigenvalue weighted by Crippen LogP contribution is 2.40. The third-order valence-electron chi connectivity index (χ3n) is 5.02. The summed E-state index contributed by atoms with van der Waals surface area (Å²) in [6, 6.07) is 4.84. The van der Waals surface area contributed by atoms with Crippen LogP contribution in [0.4, 0.5) is 4.39 Å². The van der Waals surface area contributed by atoms with Crippen molar-refractivity contribution >= 4 is 0 Å². The molecule has 0 radical (unpaired) electrons. The second-order valence-corrected chi connectivity index (χ2v) is 6.39. The first-order valence-corrected chi connectivity index (χ1v) is 7.66. The molecular formula is C17H27FN2. The molecule has 1 aromatic carbocycles. The SMILES string of the molecule is Cc1ccc(F)cc1C(N)C1(N(C)C)CCCCCC1. The van der Waals surface area contributed by atoms with Gasteiger partial charge in [-0.3, -0.25) is 0 Å². The Labute approximate surface area is 122 Å². The van der Waals surface area contributed by atoms with E-state index in [0.29, 0.717) is 0 Å². The summed E-state index contributed by atoms with van der Waals surface area (Å²) < 4.78 is 13.6. The van der Waals surface area contributed by atoms with Gasteiger partial charge in [0.25, 0.3) is 0 Å². The van der Waals surface area contributed by atoms with Crippen LogP contribution in [-0.2, 0) is 0 Å². The van der Waals surface area contributed by atoms with Crippen molar-refractivity contribution < 1.29 is 4.39 Å². The molecule has 2 N–H and O–H groups in total. The van der Waals surface area contributed by atoms with E-state index in [1.165, 1.54) is 31.7 Å². The molecular weight excluding hydrogens is 251 g/mol. The minimum atomic E-state index is -0.191. The van der Waals surface area contributed by atoms with E-state index in [-0.39, 0.29) is 17.4 Å². The predicted molar refractivity (Wildman–Crippen MR) is 82.2 cm³/mol. The summed E-state index contributed by atoms with van der Waals surface area (Å²) >= 11 is 0. The molecule has 0 bridgehead atoms. The van der Waals surface area contributed by atoms with Gasteiger partial charge in [-0.05, 0) is 57.1 Å². The molecule has 2 rings (SSSR count). The lowest BCUT2D eigenvalue weighted by Gasteiger charge is -2.45. The fraction of sp³-hybridized carbons (Fsp3) is 0.647. The van der Waals surface area contributed by atoms with Crippen LogP contribution in [0.1, 0.15) is 55.7 Å². The van der Waals surface area contributed by atoms with Crippen molar-refractivity contribution in [3.8, 4) is 0 Å². The number of nitrogens with zero attached hydrogens (tertiary/aromatic N) is 1. The molecule has 0 spiro atoms. The first-order chi connectivity index (χ1) is 9.47. The summed E-state index contributed by atoms with van der Waals surface area (Å²) in [6.45, 7) is 2.02. The zero-order valence-corrected chi connectivity index (χ0v) is 13.0. The molecule has 0 saturated heterocycles. The van der Waals surface area contributed by atoms with Crippen LogP contribution < -0.4 is 5.73 Å². The number of halogens is 1. The molecule has 0 heterocycles. The first kappa shape index (κ1) is 15.5. The fourth-order valence-electron chi connectivity index (χ4n) is 3.61. The Morgan fingerprint density at radius 1 is 1.15 bits per heavy atom. The number of benzene rings is 1. The quantitative estimate of drug-likeness (QED) is 0.852. The Bertz CT molecular complexity index is 448. The van der Waals surface area contributed by atoms with Gasteiger partial charge in [0.15, 0.2) is 0 Å². The van der Waals surface area contributed by atoms with E-state index < -0.39 is 0 Å². The van der Waals surface area contributed by atoms with Crippen molar-refractivity contribution in [3.63, 3.8) is 0 Å². The van der Waals surface area contributed by atoms with Crippen LogP contribution in [0, 0.1) is 12.7 Å². The number of nitrogens with two attached hydrogens (primary N) is 1. The smallest absolute Gasteiger partial charge is 0.123 e. The molecule has 0 aliphatic heterocycles. The van der Waals surface area contributed by atoms with Gasteiger partial charge in [-0.2, -0.15) is 0 Å². The number of likely N-dealkylation sites (N-methyl/N-ethyl adjacent to an activating group) is 1. The molecule has 0 aromatic heterocycles. The maximum Gasteiger partial charge on any atom is 0.123 e. The summed E-state index contributed by atoms with van der Waals surface area (Å²) in [7, 11) is 4.22. The summed E-state index contributed by atoms with van der Waals surface area (Å²) in [5.74, 6) is -0.191. The monoisotopic (exact) mass is 278 g/mol. The van der Waals surface area contributed by atoms with Crippen LogP contribution in [-0.4, -0.2) is 24.5 Å². The number of hydrogen-bond donors (Lipinski definition) is 1. The van der Waals surface area contributed by atoms with E-state index >= 15 is 0 Å². The van der Waals surface area contributed by atoms with Gasteiger partial charge in [-0.15, -0.1) is 0 Å². The molecule has 112 valence electrons. The number of rotatable bonds is 3. The van der Waals surface area contributed by atoms with Crippen molar-refractivity contribution in [3.05, 3.63) is 35.1 Å². The van der Waals surface area contributed by atoms with Crippen molar-refractivity contribution in [2.45, 2.75) is 57.0 Å². The molecule has 3 heteroatoms. The van der Waals surface area contributed by atoms with Crippen molar-refractivity contribution in [2.24, 2.45) is 5.73 Å². The van der Waals surface area contributed by atoms with Gasteiger partial charge in [-0.1, -0.05) is 31.7 Å². The zero-order chi connectivity index (χ0) is 14.8. The van der Waals surface area contributed by atoms with E-state index in [2.05, 4.69) is 19.0 Å². The number of aryl methyl sites for hydroxylation is 1. The third kappa shape index (κ3) is 2.89. The van der Waals surface area contributed by atoms with Crippen LogP contribution in [0.25, 0.3) is 0 Å². The molecule has 1 fully saturated rings. The largest absolute Gasteiger partial charge is 0.322 e. The lowest BCUT2D eigenvalue weighted by molar-refractivity contribution is 0.0965. The molecule has 1 aliphatic carbocycles. The Hall–Kier alpha value is -0.930. The van der Waals surface area contributed by atoms with E-state index in [4.69, 9.17) is 5.73 Å². The topological polar surface area (TPSA) is 29.3 Å². The average molecular weight is 278 g/mol. The lowest BCUT2D eigenvalue weighted by atomic mass is 9.77. The fourth-order valence-corrected chi connectivity index (χ4v) is 3.61. The minimum Gasteiger partial charge on any atom is -0.322 e. The zero-order valence-electron chi connectivity index (χ0n) is 13.0. The van der Waals surface area contributed by atoms with Crippen LogP contribution in [0.5, 0.6) is 0 Å². The molecule has 20 heavy (non-hydrogen) atoms. The maximum atomic E-state index is 13.6.